The van der Waals surface area contributed by atoms with Crippen LogP contribution >= 0.6 is 0 Å². The Labute approximate surface area is 184 Å². The molecule has 2 aromatic heterocycles. The van der Waals surface area contributed by atoms with Gasteiger partial charge in [-0.05, 0) is 43.5 Å². The summed E-state index contributed by atoms with van der Waals surface area (Å²) in [4.78, 5) is 1.93. The van der Waals surface area contributed by atoms with Crippen molar-refractivity contribution in [3.8, 4) is 22.7 Å². The lowest BCUT2D eigenvalue weighted by molar-refractivity contribution is -0.0128. The van der Waals surface area contributed by atoms with Gasteiger partial charge in [-0.25, -0.2) is 13.5 Å². The number of fused-ring (bicyclic) bond motifs is 2. The molecule has 2 saturated heterocycles. The van der Waals surface area contributed by atoms with Gasteiger partial charge in [-0.2, -0.15) is 0 Å². The molecule has 2 N–H and O–H groups in total. The SMILES string of the molecule is CCc1cn(-c2ccc(-c3ccc(N(C)[C@H]4CC5CC(F)(F)C(C4)N5)nn3)c(O)c2)nn1. The molecule has 5 rings (SSSR count). The number of rotatable bonds is 5. The number of aromatic hydroxyl groups is 1. The van der Waals surface area contributed by atoms with E-state index in [1.807, 2.05) is 37.2 Å². The molecule has 0 saturated carbocycles. The first-order valence-corrected chi connectivity index (χ1v) is 10.8. The molecule has 2 aliphatic rings. The number of phenols is 1. The van der Waals surface area contributed by atoms with Crippen LogP contribution in [0.5, 0.6) is 5.75 Å². The van der Waals surface area contributed by atoms with E-state index in [0.29, 0.717) is 35.6 Å². The average molecular weight is 441 g/mol. The van der Waals surface area contributed by atoms with E-state index < -0.39 is 12.0 Å². The second-order valence-electron chi connectivity index (χ2n) is 8.60. The first-order valence-electron chi connectivity index (χ1n) is 10.8. The predicted molar refractivity (Wildman–Crippen MR) is 115 cm³/mol. The third-order valence-corrected chi connectivity index (χ3v) is 6.51. The molecule has 2 bridgehead atoms. The van der Waals surface area contributed by atoms with E-state index >= 15 is 0 Å². The number of benzene rings is 1. The van der Waals surface area contributed by atoms with E-state index in [4.69, 9.17) is 0 Å². The first kappa shape index (κ1) is 20.7. The van der Waals surface area contributed by atoms with E-state index in [9.17, 15) is 13.9 Å². The molecule has 8 nitrogen and oxygen atoms in total. The molecule has 1 aromatic carbocycles. The van der Waals surface area contributed by atoms with Gasteiger partial charge in [0, 0.05) is 37.2 Å². The quantitative estimate of drug-likeness (QED) is 0.629. The monoisotopic (exact) mass is 441 g/mol. The molecule has 168 valence electrons. The van der Waals surface area contributed by atoms with E-state index in [1.165, 1.54) is 0 Å². The highest BCUT2D eigenvalue weighted by Crippen LogP contribution is 2.40. The third-order valence-electron chi connectivity index (χ3n) is 6.51. The van der Waals surface area contributed by atoms with Crippen molar-refractivity contribution in [2.45, 2.75) is 56.7 Å². The number of piperidine rings is 1. The number of anilines is 1. The Bertz CT molecular complexity index is 1120. The summed E-state index contributed by atoms with van der Waals surface area (Å²) in [7, 11) is 1.87. The van der Waals surface area contributed by atoms with E-state index in [1.54, 1.807) is 22.9 Å². The Morgan fingerprint density at radius 2 is 2.03 bits per heavy atom. The van der Waals surface area contributed by atoms with Crippen LogP contribution in [0.2, 0.25) is 0 Å². The van der Waals surface area contributed by atoms with Crippen LogP contribution in [0.1, 0.15) is 31.9 Å². The summed E-state index contributed by atoms with van der Waals surface area (Å²) >= 11 is 0. The fourth-order valence-corrected chi connectivity index (χ4v) is 4.65. The maximum atomic E-state index is 14.0. The highest BCUT2D eigenvalue weighted by Gasteiger charge is 2.53. The number of hydrogen-bond acceptors (Lipinski definition) is 7. The maximum absolute atomic E-state index is 14.0. The minimum absolute atomic E-state index is 0.0249. The van der Waals surface area contributed by atoms with Crippen LogP contribution in [0.15, 0.2) is 36.5 Å². The lowest BCUT2D eigenvalue weighted by atomic mass is 9.98. The Balaban J connectivity index is 1.32. The van der Waals surface area contributed by atoms with Gasteiger partial charge < -0.3 is 15.3 Å². The predicted octanol–water partition coefficient (Wildman–Crippen LogP) is 2.96. The zero-order valence-electron chi connectivity index (χ0n) is 17.9. The van der Waals surface area contributed by atoms with Crippen LogP contribution in [0.4, 0.5) is 14.6 Å². The van der Waals surface area contributed by atoms with E-state index in [2.05, 4.69) is 25.8 Å². The zero-order valence-corrected chi connectivity index (χ0v) is 17.9. The summed E-state index contributed by atoms with van der Waals surface area (Å²) in [6, 6.07) is 7.81. The summed E-state index contributed by atoms with van der Waals surface area (Å²) in [6.45, 7) is 2.00. The molecule has 2 unspecified atom stereocenters. The van der Waals surface area contributed by atoms with Gasteiger partial charge in [0.1, 0.15) is 5.75 Å². The van der Waals surface area contributed by atoms with Crippen LogP contribution in [0.3, 0.4) is 0 Å². The number of hydrogen-bond donors (Lipinski definition) is 2. The molecule has 0 radical (unpaired) electrons. The minimum Gasteiger partial charge on any atom is -0.507 e. The molecular weight excluding hydrogens is 416 g/mol. The minimum atomic E-state index is -2.65. The molecule has 4 heterocycles. The number of nitrogens with zero attached hydrogens (tertiary/aromatic N) is 6. The Hall–Kier alpha value is -3.14. The van der Waals surface area contributed by atoms with Crippen molar-refractivity contribution >= 4 is 5.82 Å². The third kappa shape index (κ3) is 3.68. The number of halogens is 2. The van der Waals surface area contributed by atoms with Gasteiger partial charge in [-0.15, -0.1) is 15.3 Å². The van der Waals surface area contributed by atoms with Crippen LogP contribution in [-0.2, 0) is 6.42 Å². The molecule has 32 heavy (non-hydrogen) atoms. The highest BCUT2D eigenvalue weighted by molar-refractivity contribution is 5.69. The van der Waals surface area contributed by atoms with Gasteiger partial charge in [-0.1, -0.05) is 12.1 Å². The molecule has 2 aliphatic heterocycles. The Kier molecular flexibility index (Phi) is 5.04. The highest BCUT2D eigenvalue weighted by atomic mass is 19.3. The summed E-state index contributed by atoms with van der Waals surface area (Å²) in [5.74, 6) is -1.97. The normalized spacial score (nSPS) is 23.9. The fraction of sp³-hybridized carbons (Fsp3) is 0.455. The number of alkyl halides is 2. The van der Waals surface area contributed by atoms with Crippen molar-refractivity contribution in [3.05, 3.63) is 42.2 Å². The zero-order chi connectivity index (χ0) is 22.5. The van der Waals surface area contributed by atoms with Crippen LogP contribution in [-0.4, -0.2) is 61.4 Å². The maximum Gasteiger partial charge on any atom is 0.264 e. The van der Waals surface area contributed by atoms with Crippen molar-refractivity contribution in [2.24, 2.45) is 0 Å². The summed E-state index contributed by atoms with van der Waals surface area (Å²) in [5, 5.41) is 30.3. The van der Waals surface area contributed by atoms with Crippen molar-refractivity contribution < 1.29 is 13.9 Å². The van der Waals surface area contributed by atoms with Gasteiger partial charge in [0.15, 0.2) is 5.82 Å². The van der Waals surface area contributed by atoms with Gasteiger partial charge in [0.2, 0.25) is 0 Å². The van der Waals surface area contributed by atoms with Gasteiger partial charge in [0.25, 0.3) is 5.92 Å². The number of aryl methyl sites for hydroxylation is 1. The summed E-state index contributed by atoms with van der Waals surface area (Å²) < 4.78 is 29.7. The van der Waals surface area contributed by atoms with Gasteiger partial charge >= 0.3 is 0 Å². The number of phenolic OH excluding ortho intramolecular Hbond substituents is 1. The smallest absolute Gasteiger partial charge is 0.264 e. The largest absolute Gasteiger partial charge is 0.507 e. The number of aromatic nitrogens is 5. The second-order valence-corrected chi connectivity index (χ2v) is 8.60. The topological polar surface area (TPSA) is 92.0 Å². The van der Waals surface area contributed by atoms with Crippen molar-refractivity contribution in [1.82, 2.24) is 30.5 Å². The average Bonchev–Trinajstić information content (AvgIpc) is 3.35. The van der Waals surface area contributed by atoms with Gasteiger partial charge in [-0.3, -0.25) is 0 Å². The second kappa shape index (κ2) is 7.77. The molecule has 10 heteroatoms. The Morgan fingerprint density at radius 1 is 1.19 bits per heavy atom. The van der Waals surface area contributed by atoms with Crippen LogP contribution < -0.4 is 10.2 Å². The summed E-state index contributed by atoms with van der Waals surface area (Å²) in [5.41, 5.74) is 2.63. The van der Waals surface area contributed by atoms with E-state index in [-0.39, 0.29) is 24.3 Å². The van der Waals surface area contributed by atoms with Gasteiger partial charge in [0.05, 0.1) is 29.3 Å². The van der Waals surface area contributed by atoms with E-state index in [0.717, 1.165) is 12.1 Å². The van der Waals surface area contributed by atoms with Crippen LogP contribution in [0.25, 0.3) is 16.9 Å². The molecule has 2 fully saturated rings. The lowest BCUT2D eigenvalue weighted by Crippen LogP contribution is -2.49. The van der Waals surface area contributed by atoms with Crippen molar-refractivity contribution in [2.75, 3.05) is 11.9 Å². The lowest BCUT2D eigenvalue weighted by Gasteiger charge is -2.36. The molecule has 0 aliphatic carbocycles. The molecule has 0 spiro atoms. The van der Waals surface area contributed by atoms with Crippen molar-refractivity contribution in [3.63, 3.8) is 0 Å². The molecular formula is C22H25F2N7O. The fourth-order valence-electron chi connectivity index (χ4n) is 4.65. The number of nitrogens with one attached hydrogen (secondary N) is 1. The molecule has 3 aromatic rings. The first-order chi connectivity index (χ1) is 15.3. The molecule has 0 amide bonds. The standard InChI is InChI=1S/C22H25F2N7O/c1-3-13-12-31(29-26-13)15-4-5-17(19(32)9-15)18-6-7-21(28-27-18)30(2)16-8-14-11-22(23,24)20(10-16)25-14/h4-7,9,12,14,16,20,25,32H,3,8,10-11H2,1-2H3/t14?,16-,20?/m0/s1. The van der Waals surface area contributed by atoms with Crippen molar-refractivity contribution in [1.29, 1.82) is 0 Å². The summed E-state index contributed by atoms with van der Waals surface area (Å²) in [6.07, 6.45) is 3.52. The molecule has 3 atom stereocenters. The van der Waals surface area contributed by atoms with Crippen LogP contribution in [0, 0.1) is 0 Å². The Morgan fingerprint density at radius 3 is 2.69 bits per heavy atom.